The van der Waals surface area contributed by atoms with Crippen molar-refractivity contribution in [3.8, 4) is 0 Å². The molecule has 0 spiro atoms. The molecule has 0 saturated heterocycles. The quantitative estimate of drug-likeness (QED) is 0.839. The Labute approximate surface area is 126 Å². The molecule has 0 aliphatic heterocycles. The van der Waals surface area contributed by atoms with Crippen molar-refractivity contribution in [2.24, 2.45) is 7.05 Å². The summed E-state index contributed by atoms with van der Waals surface area (Å²) in [6.45, 7) is 0.969. The van der Waals surface area contributed by atoms with Crippen molar-refractivity contribution >= 4 is 11.2 Å². The van der Waals surface area contributed by atoms with E-state index in [1.165, 1.54) is 18.5 Å². The van der Waals surface area contributed by atoms with Crippen LogP contribution in [-0.2, 0) is 19.4 Å². The Hall–Kier alpha value is -1.97. The van der Waals surface area contributed by atoms with E-state index in [1.807, 2.05) is 0 Å². The number of aromatic nitrogens is 3. The highest BCUT2D eigenvalue weighted by molar-refractivity contribution is 5.78. The number of rotatable bonds is 4. The monoisotopic (exact) mass is 339 g/mol. The van der Waals surface area contributed by atoms with Crippen LogP contribution in [0.3, 0.4) is 0 Å². The second-order valence-corrected chi connectivity index (χ2v) is 5.12. The number of aliphatic hydroxyl groups excluding tert-OH is 1. The maximum atomic E-state index is 14.0. The predicted octanol–water partition coefficient (Wildman–Crippen LogP) is 2.15. The summed E-state index contributed by atoms with van der Waals surface area (Å²) in [7, 11) is 1.39. The zero-order valence-electron chi connectivity index (χ0n) is 12.3. The van der Waals surface area contributed by atoms with Gasteiger partial charge < -0.3 is 14.7 Å². The minimum Gasteiger partial charge on any atom is -0.396 e. The van der Waals surface area contributed by atoms with Gasteiger partial charge >= 0.3 is 12.1 Å². The number of halogens is 5. The van der Waals surface area contributed by atoms with Gasteiger partial charge in [0.1, 0.15) is 17.0 Å². The van der Waals surface area contributed by atoms with Gasteiger partial charge in [0.05, 0.1) is 5.56 Å². The second kappa shape index (κ2) is 5.59. The number of aromatic amines is 1. The van der Waals surface area contributed by atoms with Crippen LogP contribution >= 0.6 is 0 Å². The SMILES string of the molecule is Cc1nc2c(C(F)(F)C(F)(F)F)c(CCCO)c(=O)[nH]c2n1C. The number of pyridine rings is 1. The molecule has 0 aliphatic rings. The van der Waals surface area contributed by atoms with E-state index in [1.54, 1.807) is 0 Å². The summed E-state index contributed by atoms with van der Waals surface area (Å²) in [6.07, 6.45) is -6.41. The lowest BCUT2D eigenvalue weighted by atomic mass is 9.98. The van der Waals surface area contributed by atoms with Gasteiger partial charge in [-0.2, -0.15) is 22.0 Å². The third-order valence-corrected chi connectivity index (χ3v) is 3.62. The van der Waals surface area contributed by atoms with Gasteiger partial charge in [-0.1, -0.05) is 0 Å². The first-order valence-electron chi connectivity index (χ1n) is 6.66. The van der Waals surface area contributed by atoms with Crippen molar-refractivity contribution in [3.63, 3.8) is 0 Å². The van der Waals surface area contributed by atoms with E-state index < -0.39 is 47.3 Å². The number of alkyl halides is 5. The number of fused-ring (bicyclic) bond motifs is 1. The van der Waals surface area contributed by atoms with E-state index >= 15 is 0 Å². The van der Waals surface area contributed by atoms with Crippen LogP contribution in [0.15, 0.2) is 4.79 Å². The molecule has 2 rings (SSSR count). The predicted molar refractivity (Wildman–Crippen MR) is 71.4 cm³/mol. The molecule has 2 aromatic rings. The molecule has 5 nitrogen and oxygen atoms in total. The standard InChI is InChI=1S/C13H14F5N3O2/c1-6-19-9-8(12(14,15)13(16,17)18)7(4-3-5-22)11(23)20-10(9)21(6)2/h22H,3-5H2,1-2H3,(H,20,23). The number of aryl methyl sites for hydroxylation is 2. The zero-order chi connectivity index (χ0) is 17.6. The van der Waals surface area contributed by atoms with Gasteiger partial charge in [-0.05, 0) is 19.8 Å². The Morgan fingerprint density at radius 2 is 1.87 bits per heavy atom. The second-order valence-electron chi connectivity index (χ2n) is 5.12. The fourth-order valence-corrected chi connectivity index (χ4v) is 2.34. The fourth-order valence-electron chi connectivity index (χ4n) is 2.34. The Morgan fingerprint density at radius 3 is 2.39 bits per heavy atom. The molecule has 0 bridgehead atoms. The Bertz CT molecular complexity index is 791. The molecule has 0 amide bonds. The van der Waals surface area contributed by atoms with Crippen molar-refractivity contribution < 1.29 is 27.1 Å². The van der Waals surface area contributed by atoms with Crippen LogP contribution in [0.25, 0.3) is 11.2 Å². The van der Waals surface area contributed by atoms with Crippen molar-refractivity contribution in [3.05, 3.63) is 27.3 Å². The first-order chi connectivity index (χ1) is 10.5. The molecule has 0 saturated carbocycles. The van der Waals surface area contributed by atoms with E-state index in [-0.39, 0.29) is 17.9 Å². The lowest BCUT2D eigenvalue weighted by molar-refractivity contribution is -0.289. The molecule has 2 N–H and O–H groups in total. The molecule has 0 aromatic carbocycles. The molecule has 0 unspecified atom stereocenters. The highest BCUT2D eigenvalue weighted by atomic mass is 19.4. The first-order valence-corrected chi connectivity index (χ1v) is 6.66. The van der Waals surface area contributed by atoms with Crippen LogP contribution in [-0.4, -0.2) is 32.4 Å². The molecular weight excluding hydrogens is 325 g/mol. The third kappa shape index (κ3) is 2.71. The normalized spacial score (nSPS) is 13.0. The number of nitrogens with zero attached hydrogens (tertiary/aromatic N) is 2. The van der Waals surface area contributed by atoms with Crippen LogP contribution < -0.4 is 5.56 Å². The maximum absolute atomic E-state index is 14.0. The van der Waals surface area contributed by atoms with E-state index in [0.29, 0.717) is 0 Å². The Kier molecular flexibility index (Phi) is 4.22. The van der Waals surface area contributed by atoms with Crippen molar-refractivity contribution in [1.82, 2.24) is 14.5 Å². The molecule has 2 aromatic heterocycles. The molecule has 0 radical (unpaired) electrons. The van der Waals surface area contributed by atoms with Gasteiger partial charge in [0.2, 0.25) is 0 Å². The van der Waals surface area contributed by atoms with E-state index in [0.717, 1.165) is 0 Å². The lowest BCUT2D eigenvalue weighted by Gasteiger charge is -2.22. The van der Waals surface area contributed by atoms with E-state index in [4.69, 9.17) is 5.11 Å². The average molecular weight is 339 g/mol. The minimum absolute atomic E-state index is 0.124. The van der Waals surface area contributed by atoms with E-state index in [2.05, 4.69) is 9.97 Å². The van der Waals surface area contributed by atoms with Crippen LogP contribution in [0, 0.1) is 6.92 Å². The number of H-pyrrole nitrogens is 1. The average Bonchev–Trinajstić information content (AvgIpc) is 2.70. The summed E-state index contributed by atoms with van der Waals surface area (Å²) in [4.78, 5) is 18.1. The van der Waals surface area contributed by atoms with Crippen LogP contribution in [0.1, 0.15) is 23.4 Å². The molecule has 0 fully saturated rings. The van der Waals surface area contributed by atoms with Crippen molar-refractivity contribution in [1.29, 1.82) is 0 Å². The minimum atomic E-state index is -5.87. The highest BCUT2D eigenvalue weighted by Gasteiger charge is 2.61. The van der Waals surface area contributed by atoms with Gasteiger partial charge in [-0.25, -0.2) is 4.98 Å². The van der Waals surface area contributed by atoms with Crippen LogP contribution in [0.2, 0.25) is 0 Å². The number of nitrogens with one attached hydrogen (secondary N) is 1. The van der Waals surface area contributed by atoms with Crippen molar-refractivity contribution in [2.45, 2.75) is 31.9 Å². The summed E-state index contributed by atoms with van der Waals surface area (Å²) in [5.74, 6) is -5.06. The third-order valence-electron chi connectivity index (χ3n) is 3.62. The van der Waals surface area contributed by atoms with Gasteiger partial charge in [-0.15, -0.1) is 0 Å². The molecule has 0 aliphatic carbocycles. The number of imidazole rings is 1. The number of aliphatic hydroxyl groups is 1. The molecule has 23 heavy (non-hydrogen) atoms. The molecule has 10 heteroatoms. The summed E-state index contributed by atoms with van der Waals surface area (Å²) in [5.41, 5.74) is -4.01. The molecular formula is C13H14F5N3O2. The maximum Gasteiger partial charge on any atom is 0.458 e. The van der Waals surface area contributed by atoms with Gasteiger partial charge in [0.15, 0.2) is 0 Å². The summed E-state index contributed by atoms with van der Waals surface area (Å²) < 4.78 is 67.8. The van der Waals surface area contributed by atoms with Gasteiger partial charge in [0.25, 0.3) is 5.56 Å². The summed E-state index contributed by atoms with van der Waals surface area (Å²) in [5, 5.41) is 8.79. The van der Waals surface area contributed by atoms with E-state index in [9.17, 15) is 26.7 Å². The Morgan fingerprint density at radius 1 is 1.26 bits per heavy atom. The fraction of sp³-hybridized carbons (Fsp3) is 0.538. The number of hydrogen-bond acceptors (Lipinski definition) is 3. The zero-order valence-corrected chi connectivity index (χ0v) is 12.3. The van der Waals surface area contributed by atoms with Gasteiger partial charge in [-0.3, -0.25) is 4.79 Å². The van der Waals surface area contributed by atoms with Crippen LogP contribution in [0.5, 0.6) is 0 Å². The molecule has 128 valence electrons. The Balaban J connectivity index is 2.91. The first kappa shape index (κ1) is 17.4. The smallest absolute Gasteiger partial charge is 0.396 e. The van der Waals surface area contributed by atoms with Gasteiger partial charge in [0, 0.05) is 19.2 Å². The molecule has 0 atom stereocenters. The summed E-state index contributed by atoms with van der Waals surface area (Å²) >= 11 is 0. The summed E-state index contributed by atoms with van der Waals surface area (Å²) in [6, 6.07) is 0. The molecule has 2 heterocycles. The largest absolute Gasteiger partial charge is 0.458 e. The lowest BCUT2D eigenvalue weighted by Crippen LogP contribution is -2.37. The number of hydrogen-bond donors (Lipinski definition) is 2. The van der Waals surface area contributed by atoms with Crippen LogP contribution in [0.4, 0.5) is 22.0 Å². The highest BCUT2D eigenvalue weighted by Crippen LogP contribution is 2.46. The van der Waals surface area contributed by atoms with Crippen molar-refractivity contribution in [2.75, 3.05) is 6.61 Å². The topological polar surface area (TPSA) is 70.9 Å².